The molecule has 25 heteroatoms. The molecule has 0 unspecified atom stereocenters. The van der Waals surface area contributed by atoms with Crippen LogP contribution in [-0.2, 0) is 14.4 Å². The topological polar surface area (TPSA) is 364 Å². The fraction of sp³-hybridized carbons (Fsp3) is 0.376. The van der Waals surface area contributed by atoms with Gasteiger partial charge in [0.25, 0.3) is 17.7 Å². The Morgan fingerprint density at radius 3 is 1.18 bits per heavy atom. The molecular weight excluding hydrogens is 1580 g/mol. The number of nitrogens with one attached hydrogen (secondary N) is 6. The number of guanidine groups is 3. The molecule has 3 aliphatic heterocycles. The van der Waals surface area contributed by atoms with Crippen LogP contribution < -0.4 is 65.3 Å². The summed E-state index contributed by atoms with van der Waals surface area (Å²) in [6.07, 6.45) is 12.4. The Morgan fingerprint density at radius 2 is 0.778 bits per heavy atom. The highest BCUT2D eigenvalue weighted by molar-refractivity contribution is 6.04. The first-order chi connectivity index (χ1) is 61.3. The zero-order valence-electron chi connectivity index (χ0n) is 73.0. The molecule has 3 saturated heterocycles. The normalized spacial score (nSPS) is 18.2. The van der Waals surface area contributed by atoms with Gasteiger partial charge in [-0.25, -0.2) is 0 Å². The van der Waals surface area contributed by atoms with Crippen LogP contribution in [0.1, 0.15) is 155 Å². The number of hydrogen-bond donors (Lipinski definition) is 11. The molecule has 16 N–H and O–H groups in total. The molecule has 0 bridgehead atoms. The minimum atomic E-state index is -0.439. The summed E-state index contributed by atoms with van der Waals surface area (Å²) >= 11 is 0. The van der Waals surface area contributed by atoms with Gasteiger partial charge in [0.1, 0.15) is 5.75 Å². The zero-order chi connectivity index (χ0) is 88.5. The lowest BCUT2D eigenvalue weighted by molar-refractivity contribution is -0.134. The van der Waals surface area contributed by atoms with Crippen LogP contribution >= 0.6 is 0 Å². The summed E-state index contributed by atoms with van der Waals surface area (Å²) in [5.41, 5.74) is 34.4. The number of benzene rings is 10. The smallest absolute Gasteiger partial charge is 0.255 e. The molecule has 0 aromatic heterocycles. The van der Waals surface area contributed by atoms with E-state index < -0.39 is 12.1 Å². The molecule has 10 aromatic rings. The van der Waals surface area contributed by atoms with E-state index in [4.69, 9.17) is 33.4 Å². The maximum absolute atomic E-state index is 14.1. The number of hydrogen-bond acceptors (Lipinski definition) is 13. The molecular formula is C101H126N18O7. The Bertz CT molecular complexity index is 5200. The van der Waals surface area contributed by atoms with Crippen LogP contribution in [0.5, 0.6) is 5.75 Å². The molecule has 1 aliphatic carbocycles. The van der Waals surface area contributed by atoms with Gasteiger partial charge in [-0.15, -0.1) is 0 Å². The molecule has 10 aromatic carbocycles. The third kappa shape index (κ3) is 26.9. The van der Waals surface area contributed by atoms with E-state index >= 15 is 0 Å². The fourth-order valence-corrected chi connectivity index (χ4v) is 17.4. The van der Waals surface area contributed by atoms with Crippen molar-refractivity contribution >= 4 is 85.6 Å². The summed E-state index contributed by atoms with van der Waals surface area (Å²) in [4.78, 5) is 102. The van der Waals surface area contributed by atoms with Gasteiger partial charge in [-0.3, -0.25) is 43.7 Å². The van der Waals surface area contributed by atoms with E-state index in [0.29, 0.717) is 145 Å². The number of aliphatic imine (C=N–C) groups is 3. The summed E-state index contributed by atoms with van der Waals surface area (Å²) in [6.45, 7) is 6.57. The number of nitrogens with zero attached hydrogens (tertiary/aromatic N) is 7. The van der Waals surface area contributed by atoms with Crippen LogP contribution in [0.25, 0.3) is 32.3 Å². The Hall–Kier alpha value is -12.7. The summed E-state index contributed by atoms with van der Waals surface area (Å²) in [5.74, 6) is 1.65. The largest absolute Gasteiger partial charge is 0.495 e. The molecule has 6 amide bonds. The predicted octanol–water partition coefficient (Wildman–Crippen LogP) is 11.4. The molecule has 3 heterocycles. The van der Waals surface area contributed by atoms with E-state index in [2.05, 4.69) is 100 Å². The number of carbonyl (C=O) groups excluding carboxylic acids is 6. The number of rotatable bonds is 32. The van der Waals surface area contributed by atoms with Crippen LogP contribution in [0, 0.1) is 5.92 Å². The van der Waals surface area contributed by atoms with Gasteiger partial charge in [0, 0.05) is 139 Å². The molecule has 1 saturated carbocycles. The first kappa shape index (κ1) is 92.5. The number of ether oxygens (including phenoxy) is 1. The second kappa shape index (κ2) is 47.4. The van der Waals surface area contributed by atoms with Crippen LogP contribution in [0.15, 0.2) is 258 Å². The molecule has 6 atom stereocenters. The Labute approximate surface area is 741 Å². The van der Waals surface area contributed by atoms with Crippen molar-refractivity contribution in [3.63, 3.8) is 0 Å². The van der Waals surface area contributed by atoms with Crippen molar-refractivity contribution in [2.75, 3.05) is 99.7 Å². The third-order valence-corrected chi connectivity index (χ3v) is 24.4. The van der Waals surface area contributed by atoms with E-state index in [9.17, 15) is 28.8 Å². The van der Waals surface area contributed by atoms with E-state index in [1.807, 2.05) is 212 Å². The second-order valence-electron chi connectivity index (χ2n) is 33.5. The van der Waals surface area contributed by atoms with Crippen molar-refractivity contribution in [1.82, 2.24) is 51.5 Å². The van der Waals surface area contributed by atoms with Gasteiger partial charge in [0.15, 0.2) is 17.9 Å². The van der Waals surface area contributed by atoms with Gasteiger partial charge in [-0.1, -0.05) is 232 Å². The van der Waals surface area contributed by atoms with Crippen LogP contribution in [-0.4, -0.2) is 209 Å². The SMILES string of the molecule is CN(C)C(N)=NCCC[C@@H]1N[C@H](CNC(=O)c2ccc3ccccc3c2)CCN(CC(c2ccccc2)c2ccccc2)C1=O.COc1c(C(=O)NC[C@@H]2CCN(CC(c3ccccc3)c3ccccc3)C(=O)[C@H](CCCN=C(N)N)N2)ccc2ccccc12.NC(N)=NCCC[C@@H]1N[C@H](CNC(=O)c2ccc3ccccc3c2)CCN(CC2CCCCC2)C1=O. The van der Waals surface area contributed by atoms with Crippen molar-refractivity contribution in [2.24, 2.45) is 49.6 Å². The molecule has 14 rings (SSSR count). The maximum atomic E-state index is 14.1. The quantitative estimate of drug-likeness (QED) is 0.0106. The van der Waals surface area contributed by atoms with Gasteiger partial charge in [-0.05, 0) is 156 Å². The van der Waals surface area contributed by atoms with Gasteiger partial charge in [0.05, 0.1) is 30.8 Å². The first-order valence-electron chi connectivity index (χ1n) is 44.6. The highest BCUT2D eigenvalue weighted by Gasteiger charge is 2.37. The lowest BCUT2D eigenvalue weighted by Crippen LogP contribution is -2.49. The summed E-state index contributed by atoms with van der Waals surface area (Å²) in [6, 6.07) is 79.2. The van der Waals surface area contributed by atoms with Crippen molar-refractivity contribution < 1.29 is 33.5 Å². The van der Waals surface area contributed by atoms with Crippen LogP contribution in [0.2, 0.25) is 0 Å². The highest BCUT2D eigenvalue weighted by Crippen LogP contribution is 2.33. The minimum Gasteiger partial charge on any atom is -0.495 e. The predicted molar refractivity (Wildman–Crippen MR) is 506 cm³/mol. The first-order valence-corrected chi connectivity index (χ1v) is 44.6. The van der Waals surface area contributed by atoms with E-state index in [0.717, 1.165) is 69.3 Å². The summed E-state index contributed by atoms with van der Waals surface area (Å²) in [5, 5.41) is 26.2. The van der Waals surface area contributed by atoms with Gasteiger partial charge in [0.2, 0.25) is 17.7 Å². The highest BCUT2D eigenvalue weighted by atomic mass is 16.5. The third-order valence-electron chi connectivity index (χ3n) is 24.4. The average Bonchev–Trinajstić information content (AvgIpc) is 1.03. The fourth-order valence-electron chi connectivity index (χ4n) is 17.4. The van der Waals surface area contributed by atoms with Crippen LogP contribution in [0.4, 0.5) is 0 Å². The molecule has 25 nitrogen and oxygen atoms in total. The second-order valence-corrected chi connectivity index (χ2v) is 33.5. The molecule has 0 spiro atoms. The van der Waals surface area contributed by atoms with Crippen LogP contribution in [0.3, 0.4) is 0 Å². The Balaban J connectivity index is 0.000000173. The number of methoxy groups -OCH3 is 1. The zero-order valence-corrected chi connectivity index (χ0v) is 73.0. The average molecular weight is 1700 g/mol. The van der Waals surface area contributed by atoms with Crippen molar-refractivity contribution in [3.05, 3.63) is 282 Å². The van der Waals surface area contributed by atoms with Gasteiger partial charge in [-0.2, -0.15) is 0 Å². The van der Waals surface area contributed by atoms with E-state index in [-0.39, 0.29) is 83.4 Å². The molecule has 126 heavy (non-hydrogen) atoms. The van der Waals surface area contributed by atoms with E-state index in [1.54, 1.807) is 18.1 Å². The summed E-state index contributed by atoms with van der Waals surface area (Å²) < 4.78 is 5.66. The van der Waals surface area contributed by atoms with Gasteiger partial charge < -0.3 is 84.9 Å². The van der Waals surface area contributed by atoms with Crippen molar-refractivity contribution in [2.45, 2.75) is 138 Å². The Kier molecular flexibility index (Phi) is 34.8. The lowest BCUT2D eigenvalue weighted by Gasteiger charge is -2.30. The number of nitrogens with two attached hydrogens (primary N) is 5. The van der Waals surface area contributed by atoms with Gasteiger partial charge >= 0.3 is 0 Å². The molecule has 4 aliphatic rings. The van der Waals surface area contributed by atoms with Crippen molar-refractivity contribution in [1.29, 1.82) is 0 Å². The number of amides is 6. The van der Waals surface area contributed by atoms with Crippen molar-refractivity contribution in [3.8, 4) is 5.75 Å². The monoisotopic (exact) mass is 1700 g/mol. The van der Waals surface area contributed by atoms with E-state index in [1.165, 1.54) is 43.2 Å². The standard InChI is InChI=1S/C37H44N6O2.C36H42N6O3.C28H40N6O2/c1-42(2)37(38)39-22-11-18-34-36(45)43(26-33(28-13-5-3-6-14-28)29-15-7-4-8-16-29)23-21-32(41-34)25-40-35(44)31-20-19-27-12-9-10-17-30(27)24-31;1-45-33-29-16-9-8-15-27(29)18-19-30(33)34(43)40-23-28-20-22-42(35(44)32(41-28)17-10-21-39-36(37)38)24-31(25-11-4-2-5-12-25)26-13-6-3-7-14-26;29-28(30)31-15-6-11-25-27(36)34(19-20-7-2-1-3-8-20)16-14-24(33-25)18-32-26(35)23-13-12-21-9-4-5-10-22(21)17-23/h3-10,12-17,19-20,24,32-34,41H,11,18,21-23,25-26H2,1-2H3,(H2,38,39)(H,40,44);2-9,11-16,18-19,28,31-32,41H,10,17,20-24H2,1H3,(H,40,43)(H4,37,38,39);4-5,9-10,12-13,17,20,24-25,33H,1-3,6-8,11,14-16,18-19H2,(H,32,35)(H4,29,30,31)/t32-,34-;28-,32-;24-,25-/m000/s1. The number of carbonyl (C=O) groups is 6. The summed E-state index contributed by atoms with van der Waals surface area (Å²) in [7, 11) is 5.30. The minimum absolute atomic E-state index is 0.0165. The maximum Gasteiger partial charge on any atom is 0.255 e. The molecule has 662 valence electrons. The number of fused-ring (bicyclic) bond motifs is 3. The molecule has 0 radical (unpaired) electrons. The molecule has 4 fully saturated rings. The Morgan fingerprint density at radius 1 is 0.421 bits per heavy atom. The lowest BCUT2D eigenvalue weighted by atomic mass is 9.89.